The van der Waals surface area contributed by atoms with Gasteiger partial charge in [0.15, 0.2) is 6.61 Å². The van der Waals surface area contributed by atoms with Gasteiger partial charge in [0.1, 0.15) is 5.75 Å². The molecule has 6 nitrogen and oxygen atoms in total. The Labute approximate surface area is 195 Å². The Morgan fingerprint density at radius 3 is 2.61 bits per heavy atom. The number of hydrogen-bond acceptors (Lipinski definition) is 6. The predicted octanol–water partition coefficient (Wildman–Crippen LogP) is 5.09. The average Bonchev–Trinajstić information content (AvgIpc) is 3.38. The molecule has 166 valence electrons. The van der Waals surface area contributed by atoms with Gasteiger partial charge in [-0.15, -0.1) is 11.3 Å². The first-order valence-corrected chi connectivity index (χ1v) is 11.2. The van der Waals surface area contributed by atoms with E-state index in [1.165, 1.54) is 6.08 Å². The Hall–Kier alpha value is -3.97. The molecule has 4 aromatic rings. The molecule has 2 aromatic heterocycles. The van der Waals surface area contributed by atoms with E-state index < -0.39 is 5.97 Å². The molecule has 0 spiro atoms. The molecule has 33 heavy (non-hydrogen) atoms. The minimum absolute atomic E-state index is 0.317. The summed E-state index contributed by atoms with van der Waals surface area (Å²) in [5, 5.41) is 2.94. The Bertz CT molecular complexity index is 1260. The van der Waals surface area contributed by atoms with Crippen LogP contribution in [0.15, 0.2) is 84.4 Å². The molecule has 0 N–H and O–H groups in total. The summed E-state index contributed by atoms with van der Waals surface area (Å²) in [5.41, 5.74) is 2.29. The minimum atomic E-state index is -0.595. The smallest absolute Gasteiger partial charge is 0.331 e. The van der Waals surface area contributed by atoms with Crippen LogP contribution in [0.5, 0.6) is 5.75 Å². The van der Waals surface area contributed by atoms with E-state index in [4.69, 9.17) is 9.47 Å². The number of benzene rings is 2. The number of methoxy groups -OCH3 is 1. The van der Waals surface area contributed by atoms with Crippen molar-refractivity contribution in [3.8, 4) is 5.75 Å². The van der Waals surface area contributed by atoms with E-state index in [2.05, 4.69) is 4.98 Å². The third-order valence-corrected chi connectivity index (χ3v) is 5.84. The molecule has 2 aromatic carbocycles. The van der Waals surface area contributed by atoms with Crippen molar-refractivity contribution in [3.05, 3.63) is 94.8 Å². The highest BCUT2D eigenvalue weighted by molar-refractivity contribution is 7.09. The number of ether oxygens (including phenoxy) is 2. The van der Waals surface area contributed by atoms with E-state index in [1.807, 2.05) is 47.8 Å². The first-order chi connectivity index (χ1) is 16.1. The highest BCUT2D eigenvalue weighted by atomic mass is 32.1. The molecule has 0 aliphatic heterocycles. The number of para-hydroxylation sites is 1. The summed E-state index contributed by atoms with van der Waals surface area (Å²) in [7, 11) is 1.59. The van der Waals surface area contributed by atoms with Crippen molar-refractivity contribution in [1.29, 1.82) is 0 Å². The molecule has 0 aliphatic rings. The molecule has 0 aliphatic carbocycles. The second-order valence-corrected chi connectivity index (χ2v) is 8.15. The van der Waals surface area contributed by atoms with Crippen LogP contribution in [0.2, 0.25) is 0 Å². The molecular formula is C26H22N2O4S. The fourth-order valence-corrected chi connectivity index (χ4v) is 4.02. The molecule has 0 unspecified atom stereocenters. The van der Waals surface area contributed by atoms with Crippen LogP contribution in [0.4, 0.5) is 5.69 Å². The number of amides is 1. The van der Waals surface area contributed by atoms with Gasteiger partial charge >= 0.3 is 5.97 Å². The Balaban J connectivity index is 1.43. The normalized spacial score (nSPS) is 10.9. The summed E-state index contributed by atoms with van der Waals surface area (Å²) < 4.78 is 10.4. The Morgan fingerprint density at radius 2 is 1.85 bits per heavy atom. The van der Waals surface area contributed by atoms with Crippen LogP contribution in [0.1, 0.15) is 10.4 Å². The molecule has 4 rings (SSSR count). The van der Waals surface area contributed by atoms with Gasteiger partial charge in [-0.25, -0.2) is 4.79 Å². The van der Waals surface area contributed by atoms with Crippen molar-refractivity contribution in [2.75, 3.05) is 18.6 Å². The second kappa shape index (κ2) is 10.6. The summed E-state index contributed by atoms with van der Waals surface area (Å²) in [5.74, 6) is -0.217. The molecule has 0 fully saturated rings. The fourth-order valence-electron chi connectivity index (χ4n) is 3.32. The van der Waals surface area contributed by atoms with Crippen LogP contribution in [-0.2, 0) is 20.9 Å². The quantitative estimate of drug-likeness (QED) is 0.272. The third kappa shape index (κ3) is 5.64. The monoisotopic (exact) mass is 458 g/mol. The van der Waals surface area contributed by atoms with Crippen molar-refractivity contribution in [3.63, 3.8) is 0 Å². The number of esters is 1. The zero-order chi connectivity index (χ0) is 23.0. The molecule has 0 bridgehead atoms. The number of hydrogen-bond donors (Lipinski definition) is 0. The van der Waals surface area contributed by atoms with Gasteiger partial charge in [0, 0.05) is 33.8 Å². The minimum Gasteiger partial charge on any atom is -0.497 e. The van der Waals surface area contributed by atoms with Crippen LogP contribution in [0, 0.1) is 0 Å². The summed E-state index contributed by atoms with van der Waals surface area (Å²) in [6, 6.07) is 20.6. The molecule has 0 atom stereocenters. The first-order valence-electron chi connectivity index (χ1n) is 10.3. The first kappa shape index (κ1) is 22.2. The molecule has 0 saturated heterocycles. The Kier molecular flexibility index (Phi) is 7.12. The van der Waals surface area contributed by atoms with Crippen molar-refractivity contribution in [2.24, 2.45) is 0 Å². The molecule has 2 heterocycles. The van der Waals surface area contributed by atoms with Crippen LogP contribution >= 0.6 is 11.3 Å². The average molecular weight is 459 g/mol. The van der Waals surface area contributed by atoms with Gasteiger partial charge < -0.3 is 14.4 Å². The molecule has 0 saturated carbocycles. The van der Waals surface area contributed by atoms with Gasteiger partial charge in [-0.1, -0.05) is 30.3 Å². The second-order valence-electron chi connectivity index (χ2n) is 7.12. The van der Waals surface area contributed by atoms with Gasteiger partial charge in [-0.3, -0.25) is 9.78 Å². The number of thiophene rings is 1. The highest BCUT2D eigenvalue weighted by Gasteiger charge is 2.18. The van der Waals surface area contributed by atoms with E-state index >= 15 is 0 Å². The summed E-state index contributed by atoms with van der Waals surface area (Å²) in [6.07, 6.45) is 4.67. The van der Waals surface area contributed by atoms with Gasteiger partial charge in [0.05, 0.1) is 19.2 Å². The largest absolute Gasteiger partial charge is 0.497 e. The van der Waals surface area contributed by atoms with E-state index in [0.29, 0.717) is 18.0 Å². The maximum atomic E-state index is 13.0. The van der Waals surface area contributed by atoms with Crippen molar-refractivity contribution < 1.29 is 19.1 Å². The van der Waals surface area contributed by atoms with Crippen LogP contribution in [0.3, 0.4) is 0 Å². The Morgan fingerprint density at radius 1 is 1.03 bits per heavy atom. The zero-order valence-electron chi connectivity index (χ0n) is 18.0. The number of anilines is 1. The standard InChI is InChI=1S/C26H22N2O4S/c1-31-22-12-10-21(11-13-22)28(17-23-8-4-16-33-23)24(29)18-32-25(30)14-9-20-6-2-5-19-7-3-15-27-26(19)20/h2-16H,17-18H2,1H3/b14-9+. The topological polar surface area (TPSA) is 68.7 Å². The lowest BCUT2D eigenvalue weighted by Gasteiger charge is -2.22. The van der Waals surface area contributed by atoms with Crippen LogP contribution < -0.4 is 9.64 Å². The van der Waals surface area contributed by atoms with E-state index in [-0.39, 0.29) is 12.5 Å². The number of carbonyl (C=O) groups is 2. The van der Waals surface area contributed by atoms with Gasteiger partial charge in [0.25, 0.3) is 5.91 Å². The van der Waals surface area contributed by atoms with Gasteiger partial charge in [-0.2, -0.15) is 0 Å². The van der Waals surface area contributed by atoms with Gasteiger partial charge in [0.2, 0.25) is 0 Å². The summed E-state index contributed by atoms with van der Waals surface area (Å²) in [4.78, 5) is 32.2. The molecule has 1 amide bonds. The fraction of sp³-hybridized carbons (Fsp3) is 0.115. The molecular weight excluding hydrogens is 436 g/mol. The highest BCUT2D eigenvalue weighted by Crippen LogP contribution is 2.23. The van der Waals surface area contributed by atoms with E-state index in [1.54, 1.807) is 59.9 Å². The van der Waals surface area contributed by atoms with Crippen molar-refractivity contribution in [1.82, 2.24) is 4.98 Å². The lowest BCUT2D eigenvalue weighted by atomic mass is 10.1. The SMILES string of the molecule is COc1ccc(N(Cc2cccs2)C(=O)COC(=O)/C=C/c2cccc3cccnc23)cc1. The zero-order valence-corrected chi connectivity index (χ0v) is 18.8. The van der Waals surface area contributed by atoms with E-state index in [9.17, 15) is 9.59 Å². The lowest BCUT2D eigenvalue weighted by molar-refractivity contribution is -0.142. The molecule has 0 radical (unpaired) electrons. The lowest BCUT2D eigenvalue weighted by Crippen LogP contribution is -2.33. The number of pyridine rings is 1. The maximum Gasteiger partial charge on any atom is 0.331 e. The van der Waals surface area contributed by atoms with Gasteiger partial charge in [-0.05, 0) is 47.9 Å². The number of fused-ring (bicyclic) bond motifs is 1. The summed E-state index contributed by atoms with van der Waals surface area (Å²) >= 11 is 1.56. The number of rotatable bonds is 8. The van der Waals surface area contributed by atoms with E-state index in [0.717, 1.165) is 21.3 Å². The third-order valence-electron chi connectivity index (χ3n) is 4.98. The van der Waals surface area contributed by atoms with Crippen molar-refractivity contribution in [2.45, 2.75) is 6.54 Å². The number of aromatic nitrogens is 1. The van der Waals surface area contributed by atoms with Crippen molar-refractivity contribution >= 4 is 45.9 Å². The predicted molar refractivity (Wildman–Crippen MR) is 130 cm³/mol. The summed E-state index contributed by atoms with van der Waals surface area (Å²) in [6.45, 7) is 0.0201. The molecule has 7 heteroatoms. The number of carbonyl (C=O) groups excluding carboxylic acids is 2. The van der Waals surface area contributed by atoms with Crippen LogP contribution in [-0.4, -0.2) is 30.6 Å². The van der Waals surface area contributed by atoms with Crippen LogP contribution in [0.25, 0.3) is 17.0 Å². The maximum absolute atomic E-state index is 13.0. The number of nitrogens with zero attached hydrogens (tertiary/aromatic N) is 2.